The van der Waals surface area contributed by atoms with E-state index in [1.54, 1.807) is 36.4 Å². The van der Waals surface area contributed by atoms with Crippen LogP contribution in [0.25, 0.3) is 6.08 Å². The lowest BCUT2D eigenvalue weighted by molar-refractivity contribution is -0.112. The molecule has 0 aliphatic heterocycles. The van der Waals surface area contributed by atoms with Gasteiger partial charge in [0.25, 0.3) is 5.91 Å². The number of halogens is 2. The van der Waals surface area contributed by atoms with E-state index in [0.29, 0.717) is 36.0 Å². The van der Waals surface area contributed by atoms with Gasteiger partial charge < -0.3 is 14.8 Å². The fourth-order valence-corrected chi connectivity index (χ4v) is 4.23. The molecule has 4 rings (SSSR count). The number of ether oxygens (including phenoxy) is 2. The number of amides is 1. The molecule has 184 valence electrons. The smallest absolute Gasteiger partial charge is 0.266 e. The number of nitrogens with one attached hydrogen (secondary N) is 1. The highest BCUT2D eigenvalue weighted by Crippen LogP contribution is 2.28. The Hall–Kier alpha value is -3.61. The summed E-state index contributed by atoms with van der Waals surface area (Å²) in [6.07, 6.45) is 1.54. The van der Waals surface area contributed by atoms with Gasteiger partial charge in [0, 0.05) is 9.26 Å². The van der Waals surface area contributed by atoms with Gasteiger partial charge in [0.05, 0.1) is 4.47 Å². The molecule has 0 fully saturated rings. The number of nitrogens with zero attached hydrogens (tertiary/aromatic N) is 1. The van der Waals surface area contributed by atoms with Crippen LogP contribution in [-0.2, 0) is 18.0 Å². The van der Waals surface area contributed by atoms with Gasteiger partial charge >= 0.3 is 0 Å². The molecule has 0 saturated heterocycles. The molecule has 0 heterocycles. The first kappa shape index (κ1) is 26.5. The second kappa shape index (κ2) is 13.1. The molecule has 0 aromatic heterocycles. The summed E-state index contributed by atoms with van der Waals surface area (Å²) < 4.78 is 13.6. The molecule has 7 heteroatoms. The third kappa shape index (κ3) is 7.94. The molecule has 0 unspecified atom stereocenters. The summed E-state index contributed by atoms with van der Waals surface area (Å²) >= 11 is 5.78. The van der Waals surface area contributed by atoms with Crippen LogP contribution in [0.5, 0.6) is 11.5 Å². The standard InChI is InChI=1S/C30H22BrIN2O3/c31-28-17-23(8-15-29(28)37-20-22-6-9-25(32)10-7-22)16-24(18-33)30(35)34-26-11-13-27(14-12-26)36-19-21-4-2-1-3-5-21/h1-17H,19-20H2,(H,34,35)/b24-16+. The lowest BCUT2D eigenvalue weighted by Gasteiger charge is -2.10. The summed E-state index contributed by atoms with van der Waals surface area (Å²) in [5.74, 6) is 0.871. The van der Waals surface area contributed by atoms with E-state index in [2.05, 4.69) is 43.8 Å². The second-order valence-corrected chi connectivity index (χ2v) is 10.1. The summed E-state index contributed by atoms with van der Waals surface area (Å²) in [5.41, 5.74) is 3.39. The first-order valence-corrected chi connectivity index (χ1v) is 13.2. The molecular weight excluding hydrogens is 643 g/mol. The van der Waals surface area contributed by atoms with E-state index in [1.165, 1.54) is 3.57 Å². The van der Waals surface area contributed by atoms with Gasteiger partial charge in [-0.05, 0) is 110 Å². The molecule has 4 aromatic rings. The van der Waals surface area contributed by atoms with Crippen LogP contribution in [-0.4, -0.2) is 5.91 Å². The molecule has 5 nitrogen and oxygen atoms in total. The van der Waals surface area contributed by atoms with Gasteiger partial charge in [-0.3, -0.25) is 4.79 Å². The van der Waals surface area contributed by atoms with Crippen molar-refractivity contribution in [1.82, 2.24) is 0 Å². The Morgan fingerprint density at radius 3 is 2.24 bits per heavy atom. The number of hydrogen-bond donors (Lipinski definition) is 1. The number of benzene rings is 4. The van der Waals surface area contributed by atoms with Gasteiger partial charge in [-0.1, -0.05) is 48.5 Å². The first-order valence-electron chi connectivity index (χ1n) is 11.4. The maximum atomic E-state index is 12.7. The van der Waals surface area contributed by atoms with Crippen molar-refractivity contribution in [3.8, 4) is 17.6 Å². The fourth-order valence-electron chi connectivity index (χ4n) is 3.35. The highest BCUT2D eigenvalue weighted by molar-refractivity contribution is 14.1. The summed E-state index contributed by atoms with van der Waals surface area (Å²) in [6, 6.07) is 32.4. The predicted molar refractivity (Wildman–Crippen MR) is 157 cm³/mol. The maximum Gasteiger partial charge on any atom is 0.266 e. The Morgan fingerprint density at radius 2 is 1.57 bits per heavy atom. The van der Waals surface area contributed by atoms with E-state index >= 15 is 0 Å². The minimum Gasteiger partial charge on any atom is -0.489 e. The van der Waals surface area contributed by atoms with Crippen molar-refractivity contribution >= 4 is 56.2 Å². The van der Waals surface area contributed by atoms with Crippen LogP contribution in [0, 0.1) is 14.9 Å². The van der Waals surface area contributed by atoms with Crippen LogP contribution in [0.4, 0.5) is 5.69 Å². The highest BCUT2D eigenvalue weighted by atomic mass is 127. The lowest BCUT2D eigenvalue weighted by atomic mass is 10.1. The van der Waals surface area contributed by atoms with E-state index in [4.69, 9.17) is 9.47 Å². The monoisotopic (exact) mass is 664 g/mol. The van der Waals surface area contributed by atoms with E-state index in [-0.39, 0.29) is 5.57 Å². The number of anilines is 1. The van der Waals surface area contributed by atoms with Gasteiger partial charge in [-0.15, -0.1) is 0 Å². The minimum absolute atomic E-state index is 0.0103. The third-order valence-corrected chi connectivity index (χ3v) is 6.64. The first-order chi connectivity index (χ1) is 18.0. The second-order valence-electron chi connectivity index (χ2n) is 8.03. The molecule has 0 radical (unpaired) electrons. The number of hydrogen-bond acceptors (Lipinski definition) is 4. The van der Waals surface area contributed by atoms with Crippen LogP contribution >= 0.6 is 38.5 Å². The predicted octanol–water partition coefficient (Wildman–Crippen LogP) is 7.76. The molecule has 0 aliphatic carbocycles. The lowest BCUT2D eigenvalue weighted by Crippen LogP contribution is -2.13. The van der Waals surface area contributed by atoms with Crippen molar-refractivity contribution in [3.05, 3.63) is 127 Å². The van der Waals surface area contributed by atoms with Gasteiger partial charge in [-0.2, -0.15) is 5.26 Å². The molecule has 1 amide bonds. The average Bonchev–Trinajstić information content (AvgIpc) is 2.92. The van der Waals surface area contributed by atoms with Gasteiger partial charge in [0.2, 0.25) is 0 Å². The fraction of sp³-hybridized carbons (Fsp3) is 0.0667. The van der Waals surface area contributed by atoms with Crippen LogP contribution in [0.2, 0.25) is 0 Å². The number of carbonyl (C=O) groups is 1. The minimum atomic E-state index is -0.490. The molecule has 0 atom stereocenters. The molecule has 37 heavy (non-hydrogen) atoms. The van der Waals surface area contributed by atoms with E-state index in [9.17, 15) is 10.1 Å². The zero-order valence-electron chi connectivity index (χ0n) is 19.7. The maximum absolute atomic E-state index is 12.7. The molecule has 0 spiro atoms. The Bertz CT molecular complexity index is 1430. The highest BCUT2D eigenvalue weighted by Gasteiger charge is 2.11. The van der Waals surface area contributed by atoms with Crippen LogP contribution in [0.1, 0.15) is 16.7 Å². The van der Waals surface area contributed by atoms with E-state index < -0.39 is 5.91 Å². The van der Waals surface area contributed by atoms with E-state index in [1.807, 2.05) is 72.8 Å². The Kier molecular flexibility index (Phi) is 9.35. The number of carbonyl (C=O) groups excluding carboxylic acids is 1. The molecule has 4 aromatic carbocycles. The zero-order chi connectivity index (χ0) is 26.0. The largest absolute Gasteiger partial charge is 0.489 e. The third-order valence-electron chi connectivity index (χ3n) is 5.30. The summed E-state index contributed by atoms with van der Waals surface area (Å²) in [4.78, 5) is 12.7. The SMILES string of the molecule is N#C/C(=C\c1ccc(OCc2ccc(I)cc2)c(Br)c1)C(=O)Nc1ccc(OCc2ccccc2)cc1. The molecule has 0 aliphatic rings. The Labute approximate surface area is 238 Å². The molecule has 0 saturated carbocycles. The van der Waals surface area contributed by atoms with Gasteiger partial charge in [-0.25, -0.2) is 0 Å². The average molecular weight is 665 g/mol. The summed E-state index contributed by atoms with van der Waals surface area (Å²) in [7, 11) is 0. The van der Waals surface area contributed by atoms with Crippen LogP contribution in [0.15, 0.2) is 107 Å². The van der Waals surface area contributed by atoms with Crippen molar-refractivity contribution < 1.29 is 14.3 Å². The van der Waals surface area contributed by atoms with Gasteiger partial charge in [0.15, 0.2) is 0 Å². The molecule has 1 N–H and O–H groups in total. The normalized spacial score (nSPS) is 10.9. The number of nitriles is 1. The van der Waals surface area contributed by atoms with Crippen molar-refractivity contribution in [2.75, 3.05) is 5.32 Å². The molecule has 0 bridgehead atoms. The van der Waals surface area contributed by atoms with Crippen LogP contribution in [0.3, 0.4) is 0 Å². The van der Waals surface area contributed by atoms with Crippen molar-refractivity contribution in [2.24, 2.45) is 0 Å². The topological polar surface area (TPSA) is 71.3 Å². The molecular formula is C30H22BrIN2O3. The number of rotatable bonds is 9. The zero-order valence-corrected chi connectivity index (χ0v) is 23.4. The Morgan fingerprint density at radius 1 is 0.892 bits per heavy atom. The van der Waals surface area contributed by atoms with Gasteiger partial charge in [0.1, 0.15) is 36.4 Å². The van der Waals surface area contributed by atoms with Crippen molar-refractivity contribution in [2.45, 2.75) is 13.2 Å². The van der Waals surface area contributed by atoms with E-state index in [0.717, 1.165) is 15.6 Å². The summed E-state index contributed by atoms with van der Waals surface area (Å²) in [5, 5.41) is 12.3. The summed E-state index contributed by atoms with van der Waals surface area (Å²) in [6.45, 7) is 0.894. The van der Waals surface area contributed by atoms with Crippen molar-refractivity contribution in [3.63, 3.8) is 0 Å². The van der Waals surface area contributed by atoms with Crippen LogP contribution < -0.4 is 14.8 Å². The Balaban J connectivity index is 1.35. The quantitative estimate of drug-likeness (QED) is 0.113. The van der Waals surface area contributed by atoms with Crippen molar-refractivity contribution in [1.29, 1.82) is 5.26 Å².